The molecule has 1 aliphatic heterocycles. The molecule has 1 aliphatic rings. The first-order valence-corrected chi connectivity index (χ1v) is 6.46. The summed E-state index contributed by atoms with van der Waals surface area (Å²) in [6.45, 7) is 9.18. The Bertz CT molecular complexity index is 593. The van der Waals surface area contributed by atoms with Gasteiger partial charge in [-0.3, -0.25) is 4.90 Å². The highest BCUT2D eigenvalue weighted by Gasteiger charge is 2.29. The van der Waals surface area contributed by atoms with Crippen LogP contribution in [-0.4, -0.2) is 24.8 Å². The second kappa shape index (κ2) is 5.35. The number of hydrogen-bond donors (Lipinski definition) is 0. The molecule has 0 fully saturated rings. The van der Waals surface area contributed by atoms with Gasteiger partial charge in [0.2, 0.25) is 0 Å². The van der Waals surface area contributed by atoms with E-state index in [4.69, 9.17) is 9.47 Å². The van der Waals surface area contributed by atoms with Crippen LogP contribution in [-0.2, 0) is 4.74 Å². The molecule has 0 radical (unpaired) electrons. The highest BCUT2D eigenvalue weighted by Crippen LogP contribution is 2.34. The molecule has 2 rings (SSSR count). The number of amides is 1. The van der Waals surface area contributed by atoms with Gasteiger partial charge in [-0.1, -0.05) is 6.58 Å². The number of carbonyl (C=O) groups is 1. The highest BCUT2D eigenvalue weighted by atomic mass is 19.2. The van der Waals surface area contributed by atoms with Crippen LogP contribution >= 0.6 is 0 Å². The molecule has 6 heteroatoms. The van der Waals surface area contributed by atoms with E-state index in [9.17, 15) is 13.6 Å². The first-order valence-electron chi connectivity index (χ1n) is 6.46. The van der Waals surface area contributed by atoms with Gasteiger partial charge in [0, 0.05) is 12.1 Å². The van der Waals surface area contributed by atoms with E-state index in [1.807, 2.05) is 0 Å². The Morgan fingerprint density at radius 1 is 1.33 bits per heavy atom. The van der Waals surface area contributed by atoms with Crippen molar-refractivity contribution in [3.63, 3.8) is 0 Å². The predicted molar refractivity (Wildman–Crippen MR) is 74.6 cm³/mol. The SMILES string of the molecule is C=C1COc2cc(F)c(F)cc2N(C(=O)OC(C)(C)C)C1. The van der Waals surface area contributed by atoms with Gasteiger partial charge in [-0.05, 0) is 26.3 Å². The second-order valence-electron chi connectivity index (χ2n) is 5.84. The lowest BCUT2D eigenvalue weighted by Crippen LogP contribution is -2.37. The molecular weight excluding hydrogens is 280 g/mol. The molecule has 0 aliphatic carbocycles. The predicted octanol–water partition coefficient (Wildman–Crippen LogP) is 3.65. The van der Waals surface area contributed by atoms with Crippen LogP contribution in [0.5, 0.6) is 5.75 Å². The lowest BCUT2D eigenvalue weighted by molar-refractivity contribution is 0.0583. The molecule has 4 nitrogen and oxygen atoms in total. The average molecular weight is 297 g/mol. The molecule has 1 aromatic carbocycles. The maximum Gasteiger partial charge on any atom is 0.415 e. The number of fused-ring (bicyclic) bond motifs is 1. The Kier molecular flexibility index (Phi) is 3.89. The molecule has 0 spiro atoms. The summed E-state index contributed by atoms with van der Waals surface area (Å²) in [5, 5.41) is 0. The minimum atomic E-state index is -1.06. The Hall–Kier alpha value is -2.11. The van der Waals surface area contributed by atoms with Gasteiger partial charge in [0.25, 0.3) is 0 Å². The molecule has 0 unspecified atom stereocenters. The normalized spacial score (nSPS) is 15.1. The van der Waals surface area contributed by atoms with Gasteiger partial charge in [-0.2, -0.15) is 0 Å². The smallest absolute Gasteiger partial charge is 0.415 e. The molecule has 0 saturated carbocycles. The summed E-state index contributed by atoms with van der Waals surface area (Å²) in [4.78, 5) is 13.5. The maximum absolute atomic E-state index is 13.5. The molecule has 1 heterocycles. The van der Waals surface area contributed by atoms with Crippen LogP contribution in [0.25, 0.3) is 0 Å². The molecule has 21 heavy (non-hydrogen) atoms. The van der Waals surface area contributed by atoms with Crippen molar-refractivity contribution in [1.82, 2.24) is 0 Å². The van der Waals surface area contributed by atoms with Crippen molar-refractivity contribution in [3.05, 3.63) is 35.9 Å². The summed E-state index contributed by atoms with van der Waals surface area (Å²) in [5.74, 6) is -2.01. The Morgan fingerprint density at radius 2 is 1.95 bits per heavy atom. The first-order chi connectivity index (χ1) is 9.67. The van der Waals surface area contributed by atoms with Crippen LogP contribution in [0.1, 0.15) is 20.8 Å². The number of anilines is 1. The van der Waals surface area contributed by atoms with E-state index in [0.717, 1.165) is 12.1 Å². The summed E-state index contributed by atoms with van der Waals surface area (Å²) in [5.41, 5.74) is 0.0179. The van der Waals surface area contributed by atoms with Crippen molar-refractivity contribution in [2.24, 2.45) is 0 Å². The topological polar surface area (TPSA) is 38.8 Å². The fraction of sp³-hybridized carbons (Fsp3) is 0.400. The van der Waals surface area contributed by atoms with E-state index in [1.54, 1.807) is 20.8 Å². The fourth-order valence-corrected chi connectivity index (χ4v) is 1.86. The lowest BCUT2D eigenvalue weighted by Gasteiger charge is -2.27. The summed E-state index contributed by atoms with van der Waals surface area (Å²) in [6, 6.07) is 1.84. The van der Waals surface area contributed by atoms with E-state index in [2.05, 4.69) is 6.58 Å². The van der Waals surface area contributed by atoms with Gasteiger partial charge in [-0.15, -0.1) is 0 Å². The zero-order valence-electron chi connectivity index (χ0n) is 12.2. The molecule has 114 valence electrons. The number of rotatable bonds is 0. The van der Waals surface area contributed by atoms with Crippen LogP contribution in [0.15, 0.2) is 24.3 Å². The molecule has 0 atom stereocenters. The van der Waals surface area contributed by atoms with E-state index < -0.39 is 23.3 Å². The van der Waals surface area contributed by atoms with Crippen LogP contribution in [0.2, 0.25) is 0 Å². The van der Waals surface area contributed by atoms with Gasteiger partial charge in [0.1, 0.15) is 18.0 Å². The number of ether oxygens (including phenoxy) is 2. The fourth-order valence-electron chi connectivity index (χ4n) is 1.86. The third-order valence-corrected chi connectivity index (χ3v) is 2.72. The molecule has 0 aromatic heterocycles. The largest absolute Gasteiger partial charge is 0.487 e. The summed E-state index contributed by atoms with van der Waals surface area (Å²) < 4.78 is 37.4. The molecule has 0 N–H and O–H groups in total. The Morgan fingerprint density at radius 3 is 2.57 bits per heavy atom. The maximum atomic E-state index is 13.5. The van der Waals surface area contributed by atoms with Gasteiger partial charge in [0.15, 0.2) is 11.6 Å². The van der Waals surface area contributed by atoms with Crippen molar-refractivity contribution in [2.45, 2.75) is 26.4 Å². The lowest BCUT2D eigenvalue weighted by atomic mass is 10.2. The molecule has 1 amide bonds. The number of benzene rings is 1. The molecule has 0 bridgehead atoms. The van der Waals surface area contributed by atoms with Crippen LogP contribution in [0.3, 0.4) is 0 Å². The van der Waals surface area contributed by atoms with Crippen LogP contribution in [0.4, 0.5) is 19.3 Å². The number of hydrogen-bond acceptors (Lipinski definition) is 3. The van der Waals surface area contributed by atoms with Crippen LogP contribution in [0, 0.1) is 11.6 Å². The van der Waals surface area contributed by atoms with Crippen molar-refractivity contribution in [3.8, 4) is 5.75 Å². The number of carbonyl (C=O) groups excluding carboxylic acids is 1. The quantitative estimate of drug-likeness (QED) is 0.686. The zero-order chi connectivity index (χ0) is 15.8. The Labute approximate surface area is 121 Å². The second-order valence-corrected chi connectivity index (χ2v) is 5.84. The number of halogens is 2. The minimum Gasteiger partial charge on any atom is -0.487 e. The van der Waals surface area contributed by atoms with Crippen molar-refractivity contribution < 1.29 is 23.0 Å². The van der Waals surface area contributed by atoms with E-state index >= 15 is 0 Å². The zero-order valence-corrected chi connectivity index (χ0v) is 12.2. The summed E-state index contributed by atoms with van der Waals surface area (Å²) >= 11 is 0. The minimum absolute atomic E-state index is 0.0819. The molecular formula is C15H17F2NO3. The monoisotopic (exact) mass is 297 g/mol. The van der Waals surface area contributed by atoms with Crippen molar-refractivity contribution in [2.75, 3.05) is 18.1 Å². The average Bonchev–Trinajstić information content (AvgIpc) is 2.49. The summed E-state index contributed by atoms with van der Waals surface area (Å²) in [7, 11) is 0. The van der Waals surface area contributed by atoms with Gasteiger partial charge >= 0.3 is 6.09 Å². The van der Waals surface area contributed by atoms with Crippen LogP contribution < -0.4 is 9.64 Å². The van der Waals surface area contributed by atoms with E-state index in [-0.39, 0.29) is 24.6 Å². The highest BCUT2D eigenvalue weighted by molar-refractivity contribution is 5.90. The molecule has 1 aromatic rings. The number of nitrogens with zero attached hydrogens (tertiary/aromatic N) is 1. The van der Waals surface area contributed by atoms with Gasteiger partial charge in [0.05, 0.1) is 12.2 Å². The van der Waals surface area contributed by atoms with Crippen molar-refractivity contribution >= 4 is 11.8 Å². The van der Waals surface area contributed by atoms with Gasteiger partial charge < -0.3 is 9.47 Å². The third-order valence-electron chi connectivity index (χ3n) is 2.72. The van der Waals surface area contributed by atoms with E-state index in [0.29, 0.717) is 5.57 Å². The van der Waals surface area contributed by atoms with Crippen molar-refractivity contribution in [1.29, 1.82) is 0 Å². The third kappa shape index (κ3) is 3.51. The van der Waals surface area contributed by atoms with E-state index in [1.165, 1.54) is 4.90 Å². The summed E-state index contributed by atoms with van der Waals surface area (Å²) in [6.07, 6.45) is -0.665. The van der Waals surface area contributed by atoms with Gasteiger partial charge in [-0.25, -0.2) is 13.6 Å². The molecule has 0 saturated heterocycles. The standard InChI is InChI=1S/C15H17F2NO3/c1-9-7-18(14(19)21-15(2,3)4)12-5-10(16)11(17)6-13(12)20-8-9/h5-6H,1,7-8H2,2-4H3. The first kappa shape index (κ1) is 15.3. The Balaban J connectivity index is 2.43.